The standard InChI is InChI=1S/C10H26OSi2/c1-9(12(3,4)5)11-10(2)13(6,7)8/h9-10H,1-8H3. The Bertz CT molecular complexity index is 137. The maximum absolute atomic E-state index is 6.10. The topological polar surface area (TPSA) is 9.23 Å². The average molecular weight is 218 g/mol. The molecule has 0 spiro atoms. The summed E-state index contributed by atoms with van der Waals surface area (Å²) in [6.07, 6.45) is 0. The largest absolute Gasteiger partial charge is 0.382 e. The highest BCUT2D eigenvalue weighted by molar-refractivity contribution is 6.78. The maximum Gasteiger partial charge on any atom is 0.0781 e. The van der Waals surface area contributed by atoms with Crippen LogP contribution in [0.2, 0.25) is 39.3 Å². The van der Waals surface area contributed by atoms with Crippen LogP contribution in [-0.2, 0) is 4.74 Å². The normalized spacial score (nSPS) is 18.5. The first-order chi connectivity index (χ1) is 5.55. The molecule has 0 aromatic carbocycles. The molecule has 0 rings (SSSR count). The summed E-state index contributed by atoms with van der Waals surface area (Å²) in [6.45, 7) is 18.7. The van der Waals surface area contributed by atoms with Gasteiger partial charge in [-0.2, -0.15) is 0 Å². The molecule has 0 saturated heterocycles. The third-order valence-corrected chi connectivity index (χ3v) is 8.00. The van der Waals surface area contributed by atoms with Crippen LogP contribution in [-0.4, -0.2) is 27.6 Å². The quantitative estimate of drug-likeness (QED) is 0.656. The summed E-state index contributed by atoms with van der Waals surface area (Å²) in [4.78, 5) is 0. The number of hydrogen-bond acceptors (Lipinski definition) is 1. The predicted octanol–water partition coefficient (Wildman–Crippen LogP) is 3.53. The van der Waals surface area contributed by atoms with Gasteiger partial charge >= 0.3 is 0 Å². The second-order valence-electron chi connectivity index (χ2n) is 6.15. The second-order valence-corrected chi connectivity index (χ2v) is 17.2. The smallest absolute Gasteiger partial charge is 0.0781 e. The molecule has 0 N–H and O–H groups in total. The van der Waals surface area contributed by atoms with Gasteiger partial charge in [-0.15, -0.1) is 0 Å². The first-order valence-corrected chi connectivity index (χ1v) is 12.4. The molecule has 0 amide bonds. The lowest BCUT2D eigenvalue weighted by Crippen LogP contribution is -2.46. The molecule has 2 atom stereocenters. The van der Waals surface area contributed by atoms with E-state index in [1.807, 2.05) is 0 Å². The van der Waals surface area contributed by atoms with Gasteiger partial charge in [0, 0.05) is 11.5 Å². The Morgan fingerprint density at radius 1 is 0.692 bits per heavy atom. The summed E-state index contributed by atoms with van der Waals surface area (Å²) < 4.78 is 6.10. The van der Waals surface area contributed by atoms with E-state index in [1.165, 1.54) is 0 Å². The molecule has 2 unspecified atom stereocenters. The van der Waals surface area contributed by atoms with Gasteiger partial charge in [-0.25, -0.2) is 0 Å². The predicted molar refractivity (Wildman–Crippen MR) is 66.7 cm³/mol. The van der Waals surface area contributed by atoms with E-state index < -0.39 is 16.1 Å². The van der Waals surface area contributed by atoms with Crippen molar-refractivity contribution in [3.05, 3.63) is 0 Å². The number of rotatable bonds is 4. The van der Waals surface area contributed by atoms with E-state index in [1.54, 1.807) is 0 Å². The maximum atomic E-state index is 6.10. The van der Waals surface area contributed by atoms with Crippen molar-refractivity contribution in [3.63, 3.8) is 0 Å². The molecule has 0 aromatic heterocycles. The molecule has 0 heterocycles. The van der Waals surface area contributed by atoms with Gasteiger partial charge in [0.15, 0.2) is 0 Å². The van der Waals surface area contributed by atoms with Gasteiger partial charge in [0.25, 0.3) is 0 Å². The minimum atomic E-state index is -1.10. The molecular weight excluding hydrogens is 192 g/mol. The zero-order valence-corrected chi connectivity index (χ0v) is 12.6. The van der Waals surface area contributed by atoms with E-state index in [0.29, 0.717) is 11.5 Å². The van der Waals surface area contributed by atoms with Crippen molar-refractivity contribution in [1.29, 1.82) is 0 Å². The van der Waals surface area contributed by atoms with Crippen molar-refractivity contribution in [2.24, 2.45) is 0 Å². The fraction of sp³-hybridized carbons (Fsp3) is 1.00. The van der Waals surface area contributed by atoms with Gasteiger partial charge in [-0.1, -0.05) is 39.3 Å². The van der Waals surface area contributed by atoms with Gasteiger partial charge in [0.2, 0.25) is 0 Å². The van der Waals surface area contributed by atoms with Crippen molar-refractivity contribution in [2.75, 3.05) is 0 Å². The zero-order valence-electron chi connectivity index (χ0n) is 10.6. The van der Waals surface area contributed by atoms with Crippen LogP contribution in [0, 0.1) is 0 Å². The van der Waals surface area contributed by atoms with Gasteiger partial charge in [-0.05, 0) is 13.8 Å². The lowest BCUT2D eigenvalue weighted by atomic mass is 10.8. The monoisotopic (exact) mass is 218 g/mol. The van der Waals surface area contributed by atoms with E-state index in [-0.39, 0.29) is 0 Å². The summed E-state index contributed by atoms with van der Waals surface area (Å²) >= 11 is 0. The van der Waals surface area contributed by atoms with E-state index in [2.05, 4.69) is 53.1 Å². The third-order valence-electron chi connectivity index (χ3n) is 2.85. The first-order valence-electron chi connectivity index (χ1n) is 5.20. The van der Waals surface area contributed by atoms with Gasteiger partial charge in [-0.3, -0.25) is 0 Å². The summed E-state index contributed by atoms with van der Waals surface area (Å²) in [7, 11) is -2.20. The van der Waals surface area contributed by atoms with E-state index in [0.717, 1.165) is 0 Å². The summed E-state index contributed by atoms with van der Waals surface area (Å²) in [5, 5.41) is 0. The minimum absolute atomic E-state index is 0.481. The van der Waals surface area contributed by atoms with Crippen molar-refractivity contribution in [3.8, 4) is 0 Å². The molecular formula is C10H26OSi2. The van der Waals surface area contributed by atoms with Crippen LogP contribution in [0.5, 0.6) is 0 Å². The highest BCUT2D eigenvalue weighted by atomic mass is 28.3. The van der Waals surface area contributed by atoms with Crippen molar-refractivity contribution in [2.45, 2.75) is 64.6 Å². The first kappa shape index (κ1) is 13.4. The molecule has 1 nitrogen and oxygen atoms in total. The van der Waals surface area contributed by atoms with Crippen LogP contribution >= 0.6 is 0 Å². The van der Waals surface area contributed by atoms with Crippen molar-refractivity contribution < 1.29 is 4.74 Å². The molecule has 0 aliphatic carbocycles. The van der Waals surface area contributed by atoms with Crippen LogP contribution in [0.4, 0.5) is 0 Å². The second kappa shape index (κ2) is 4.28. The number of hydrogen-bond donors (Lipinski definition) is 0. The molecule has 0 aromatic rings. The molecule has 0 saturated carbocycles. The Morgan fingerprint density at radius 3 is 1.08 bits per heavy atom. The van der Waals surface area contributed by atoms with Crippen molar-refractivity contribution >= 4 is 16.1 Å². The third kappa shape index (κ3) is 4.98. The number of ether oxygens (including phenoxy) is 1. The lowest BCUT2D eigenvalue weighted by molar-refractivity contribution is 0.0892. The van der Waals surface area contributed by atoms with Gasteiger partial charge in [0.1, 0.15) is 0 Å². The SMILES string of the molecule is CC(OC(C)[Si](C)(C)C)[Si](C)(C)C. The average Bonchev–Trinajstić information content (AvgIpc) is 1.82. The molecule has 0 aliphatic heterocycles. The molecule has 0 bridgehead atoms. The zero-order chi connectivity index (χ0) is 10.9. The Labute approximate surface area is 85.9 Å². The van der Waals surface area contributed by atoms with Crippen LogP contribution in [0.3, 0.4) is 0 Å². The fourth-order valence-corrected chi connectivity index (χ4v) is 2.08. The molecule has 13 heavy (non-hydrogen) atoms. The Kier molecular flexibility index (Phi) is 4.41. The molecule has 3 heteroatoms. The van der Waals surface area contributed by atoms with E-state index in [9.17, 15) is 0 Å². The van der Waals surface area contributed by atoms with E-state index >= 15 is 0 Å². The van der Waals surface area contributed by atoms with Crippen LogP contribution in [0.1, 0.15) is 13.8 Å². The minimum Gasteiger partial charge on any atom is -0.382 e. The molecule has 80 valence electrons. The lowest BCUT2D eigenvalue weighted by Gasteiger charge is -2.33. The van der Waals surface area contributed by atoms with Crippen LogP contribution in [0.15, 0.2) is 0 Å². The highest BCUT2D eigenvalue weighted by Crippen LogP contribution is 2.18. The Balaban J connectivity index is 4.15. The van der Waals surface area contributed by atoms with Crippen LogP contribution < -0.4 is 0 Å². The Hall–Kier alpha value is 0.394. The van der Waals surface area contributed by atoms with Gasteiger partial charge in [0.05, 0.1) is 16.1 Å². The Morgan fingerprint density at radius 2 is 0.923 bits per heavy atom. The summed E-state index contributed by atoms with van der Waals surface area (Å²) in [5.41, 5.74) is 0.962. The highest BCUT2D eigenvalue weighted by Gasteiger charge is 2.30. The van der Waals surface area contributed by atoms with Gasteiger partial charge < -0.3 is 4.74 Å². The summed E-state index contributed by atoms with van der Waals surface area (Å²) in [6, 6.07) is 0. The summed E-state index contributed by atoms with van der Waals surface area (Å²) in [5.74, 6) is 0. The fourth-order valence-electron chi connectivity index (χ4n) is 0.714. The molecule has 0 radical (unpaired) electrons. The van der Waals surface area contributed by atoms with Crippen LogP contribution in [0.25, 0.3) is 0 Å². The van der Waals surface area contributed by atoms with Crippen molar-refractivity contribution in [1.82, 2.24) is 0 Å². The molecule has 0 fully saturated rings. The van der Waals surface area contributed by atoms with E-state index in [4.69, 9.17) is 4.74 Å². The molecule has 0 aliphatic rings.